The zero-order valence-corrected chi connectivity index (χ0v) is 15.8. The second-order valence-corrected chi connectivity index (χ2v) is 6.02. The van der Waals surface area contributed by atoms with Crippen LogP contribution in [0, 0.1) is 17.1 Å². The molecule has 28 heavy (non-hydrogen) atoms. The number of nitrogens with zero attached hydrogens (tertiary/aromatic N) is 1. The molecule has 0 aliphatic heterocycles. The molecular weight excluding hydrogens is 387 g/mol. The third-order valence-electron chi connectivity index (χ3n) is 3.59. The van der Waals surface area contributed by atoms with Gasteiger partial charge in [-0.1, -0.05) is 23.7 Å². The smallest absolute Gasteiger partial charge is 0.349 e. The van der Waals surface area contributed by atoms with Crippen LogP contribution in [0.15, 0.2) is 48.0 Å². The van der Waals surface area contributed by atoms with Crippen molar-refractivity contribution < 1.29 is 23.5 Å². The summed E-state index contributed by atoms with van der Waals surface area (Å²) in [4.78, 5) is 24.4. The molecule has 0 unspecified atom stereocenters. The zero-order chi connectivity index (χ0) is 20.7. The van der Waals surface area contributed by atoms with Gasteiger partial charge in [-0.05, 0) is 48.9 Å². The van der Waals surface area contributed by atoms with Gasteiger partial charge in [-0.15, -0.1) is 0 Å². The van der Waals surface area contributed by atoms with Crippen molar-refractivity contribution in [3.8, 4) is 11.8 Å². The molecule has 0 saturated heterocycles. The lowest BCUT2D eigenvalue weighted by atomic mass is 10.1. The maximum absolute atomic E-state index is 13.2. The third-order valence-corrected chi connectivity index (χ3v) is 3.87. The highest BCUT2D eigenvalue weighted by atomic mass is 35.5. The quantitative estimate of drug-likeness (QED) is 0.448. The second kappa shape index (κ2) is 9.53. The van der Waals surface area contributed by atoms with E-state index in [4.69, 9.17) is 21.1 Å². The first-order valence-electron chi connectivity index (χ1n) is 8.06. The molecule has 0 fully saturated rings. The van der Waals surface area contributed by atoms with Gasteiger partial charge in [0.2, 0.25) is 0 Å². The van der Waals surface area contributed by atoms with Gasteiger partial charge in [0, 0.05) is 5.69 Å². The summed E-state index contributed by atoms with van der Waals surface area (Å²) in [5, 5.41) is 11.5. The van der Waals surface area contributed by atoms with E-state index in [9.17, 15) is 19.2 Å². The van der Waals surface area contributed by atoms with Crippen LogP contribution in [0.4, 0.5) is 10.1 Å². The topological polar surface area (TPSA) is 88.4 Å². The van der Waals surface area contributed by atoms with Gasteiger partial charge >= 0.3 is 5.97 Å². The van der Waals surface area contributed by atoms with Gasteiger partial charge in [-0.3, -0.25) is 4.79 Å². The predicted octanol–water partition coefficient (Wildman–Crippen LogP) is 3.97. The maximum Gasteiger partial charge on any atom is 0.349 e. The van der Waals surface area contributed by atoms with E-state index in [0.29, 0.717) is 11.3 Å². The van der Waals surface area contributed by atoms with Crippen molar-refractivity contribution in [3.63, 3.8) is 0 Å². The lowest BCUT2D eigenvalue weighted by molar-refractivity contribution is -0.148. The van der Waals surface area contributed by atoms with E-state index >= 15 is 0 Å². The Hall–Kier alpha value is -3.37. The normalized spacial score (nSPS) is 11.9. The SMILES string of the molecule is COc1cccc(/C=C(\C#N)C(=O)O[C@@H](C)C(=O)Nc2ccc(F)c(Cl)c2)c1. The summed E-state index contributed by atoms with van der Waals surface area (Å²) < 4.78 is 23.3. The molecule has 0 saturated carbocycles. The lowest BCUT2D eigenvalue weighted by Crippen LogP contribution is -2.30. The first-order chi connectivity index (χ1) is 13.3. The van der Waals surface area contributed by atoms with Crippen molar-refractivity contribution in [2.75, 3.05) is 12.4 Å². The summed E-state index contributed by atoms with van der Waals surface area (Å²) in [7, 11) is 1.50. The van der Waals surface area contributed by atoms with Crippen LogP contribution in [-0.2, 0) is 14.3 Å². The van der Waals surface area contributed by atoms with Crippen LogP contribution < -0.4 is 10.1 Å². The summed E-state index contributed by atoms with van der Waals surface area (Å²) in [6, 6.07) is 12.1. The number of methoxy groups -OCH3 is 1. The van der Waals surface area contributed by atoms with Gasteiger partial charge in [0.15, 0.2) is 6.10 Å². The van der Waals surface area contributed by atoms with Crippen LogP contribution in [0.1, 0.15) is 12.5 Å². The Labute approximate surface area is 166 Å². The number of rotatable bonds is 6. The Bertz CT molecular complexity index is 969. The van der Waals surface area contributed by atoms with Crippen molar-refractivity contribution in [3.05, 3.63) is 64.4 Å². The Balaban J connectivity index is 2.06. The van der Waals surface area contributed by atoms with Crippen LogP contribution in [0.5, 0.6) is 5.75 Å². The highest BCUT2D eigenvalue weighted by Gasteiger charge is 2.21. The third kappa shape index (κ3) is 5.56. The molecule has 0 spiro atoms. The summed E-state index contributed by atoms with van der Waals surface area (Å²) in [5.74, 6) is -1.68. The molecule has 2 aromatic rings. The lowest BCUT2D eigenvalue weighted by Gasteiger charge is -2.13. The van der Waals surface area contributed by atoms with E-state index < -0.39 is 23.8 Å². The van der Waals surface area contributed by atoms with Crippen LogP contribution >= 0.6 is 11.6 Å². The number of nitriles is 1. The van der Waals surface area contributed by atoms with Crippen LogP contribution in [0.25, 0.3) is 6.08 Å². The molecule has 0 aliphatic rings. The molecule has 144 valence electrons. The molecule has 6 nitrogen and oxygen atoms in total. The van der Waals surface area contributed by atoms with Crippen molar-refractivity contribution in [2.45, 2.75) is 13.0 Å². The Kier molecular flexibility index (Phi) is 7.13. The minimum atomic E-state index is -1.20. The van der Waals surface area contributed by atoms with Gasteiger partial charge in [-0.2, -0.15) is 5.26 Å². The molecule has 2 rings (SSSR count). The van der Waals surface area contributed by atoms with Crippen molar-refractivity contribution in [2.24, 2.45) is 0 Å². The predicted molar refractivity (Wildman–Crippen MR) is 102 cm³/mol. The fourth-order valence-electron chi connectivity index (χ4n) is 2.13. The average Bonchev–Trinajstić information content (AvgIpc) is 2.68. The van der Waals surface area contributed by atoms with Crippen LogP contribution in [0.2, 0.25) is 5.02 Å². The van der Waals surface area contributed by atoms with E-state index in [1.807, 2.05) is 0 Å². The summed E-state index contributed by atoms with van der Waals surface area (Å²) in [6.45, 7) is 1.35. The number of carbonyl (C=O) groups is 2. The van der Waals surface area contributed by atoms with Crippen molar-refractivity contribution in [1.29, 1.82) is 5.26 Å². The fourth-order valence-corrected chi connectivity index (χ4v) is 2.31. The number of hydrogen-bond acceptors (Lipinski definition) is 5. The van der Waals surface area contributed by atoms with E-state index in [-0.39, 0.29) is 16.3 Å². The molecule has 0 heterocycles. The average molecular weight is 403 g/mol. The van der Waals surface area contributed by atoms with E-state index in [1.54, 1.807) is 30.3 Å². The number of ether oxygens (including phenoxy) is 2. The summed E-state index contributed by atoms with van der Waals surface area (Å²) in [6.07, 6.45) is 0.133. The second-order valence-electron chi connectivity index (χ2n) is 5.61. The number of hydrogen-bond donors (Lipinski definition) is 1. The Morgan fingerprint density at radius 2 is 2.04 bits per heavy atom. The zero-order valence-electron chi connectivity index (χ0n) is 15.0. The summed E-state index contributed by atoms with van der Waals surface area (Å²) >= 11 is 5.66. The molecule has 0 radical (unpaired) electrons. The molecule has 8 heteroatoms. The number of benzene rings is 2. The van der Waals surface area contributed by atoms with Gasteiger partial charge in [0.1, 0.15) is 23.2 Å². The van der Waals surface area contributed by atoms with Gasteiger partial charge < -0.3 is 14.8 Å². The van der Waals surface area contributed by atoms with Crippen molar-refractivity contribution in [1.82, 2.24) is 0 Å². The molecule has 0 aromatic heterocycles. The molecule has 1 atom stereocenters. The monoisotopic (exact) mass is 402 g/mol. The molecular formula is C20H16ClFN2O4. The first kappa shape index (κ1) is 20.9. The molecule has 1 amide bonds. The molecule has 1 N–H and O–H groups in total. The van der Waals surface area contributed by atoms with E-state index in [0.717, 1.165) is 6.07 Å². The minimum absolute atomic E-state index is 0.157. The Morgan fingerprint density at radius 3 is 2.68 bits per heavy atom. The number of anilines is 1. The van der Waals surface area contributed by atoms with E-state index in [2.05, 4.69) is 5.32 Å². The largest absolute Gasteiger partial charge is 0.497 e. The number of halogens is 2. The number of amides is 1. The number of esters is 1. The first-order valence-corrected chi connectivity index (χ1v) is 8.44. The molecule has 0 aliphatic carbocycles. The Morgan fingerprint density at radius 1 is 1.29 bits per heavy atom. The highest BCUT2D eigenvalue weighted by molar-refractivity contribution is 6.31. The van der Waals surface area contributed by atoms with Gasteiger partial charge in [0.25, 0.3) is 5.91 Å². The van der Waals surface area contributed by atoms with Gasteiger partial charge in [-0.25, -0.2) is 9.18 Å². The maximum atomic E-state index is 13.2. The number of carbonyl (C=O) groups excluding carboxylic acids is 2. The van der Waals surface area contributed by atoms with E-state index in [1.165, 1.54) is 32.2 Å². The van der Waals surface area contributed by atoms with Crippen LogP contribution in [0.3, 0.4) is 0 Å². The number of nitrogens with one attached hydrogen (secondary N) is 1. The van der Waals surface area contributed by atoms with Crippen LogP contribution in [-0.4, -0.2) is 25.1 Å². The fraction of sp³-hybridized carbons (Fsp3) is 0.150. The van der Waals surface area contributed by atoms with Crippen molar-refractivity contribution >= 4 is 35.2 Å². The molecule has 0 bridgehead atoms. The highest BCUT2D eigenvalue weighted by Crippen LogP contribution is 2.20. The minimum Gasteiger partial charge on any atom is -0.497 e. The summed E-state index contributed by atoms with van der Waals surface area (Å²) in [5.41, 5.74) is 0.523. The standard InChI is InChI=1S/C20H16ClFN2O4/c1-12(19(25)24-15-6-7-18(22)17(21)10-15)28-20(26)14(11-23)8-13-4-3-5-16(9-13)27-2/h3-10,12H,1-2H3,(H,24,25)/b14-8+/t12-/m0/s1. The molecule has 2 aromatic carbocycles. The van der Waals surface area contributed by atoms with Gasteiger partial charge in [0.05, 0.1) is 12.1 Å².